The summed E-state index contributed by atoms with van der Waals surface area (Å²) in [6.07, 6.45) is 0. The summed E-state index contributed by atoms with van der Waals surface area (Å²) in [5, 5.41) is 0. The van der Waals surface area contributed by atoms with Gasteiger partial charge in [-0.1, -0.05) is 0 Å². The van der Waals surface area contributed by atoms with Crippen molar-refractivity contribution in [2.45, 2.75) is 0 Å². The van der Waals surface area contributed by atoms with Gasteiger partial charge in [0.05, 0.1) is 39.6 Å². The number of rotatable bonds is 3. The Morgan fingerprint density at radius 2 is 0.765 bits per heavy atom. The summed E-state index contributed by atoms with van der Waals surface area (Å²) in [4.78, 5) is 0. The first-order valence-corrected chi connectivity index (χ1v) is 5.51. The third-order valence-corrected chi connectivity index (χ3v) is 2.68. The molecule has 0 N–H and O–H groups in total. The molecule has 3 aliphatic heterocycles. The van der Waals surface area contributed by atoms with Crippen LogP contribution >= 0.6 is 0 Å². The molecule has 0 radical (unpaired) electrons. The molecule has 0 aromatic heterocycles. The van der Waals surface area contributed by atoms with Gasteiger partial charge in [0.25, 0.3) is 21.4 Å². The Labute approximate surface area is 114 Å². The van der Waals surface area contributed by atoms with Crippen molar-refractivity contribution < 1.29 is 46.8 Å². The van der Waals surface area contributed by atoms with Crippen molar-refractivity contribution in [3.8, 4) is 0 Å². The number of hydrogen-bond donors (Lipinski definition) is 0. The molecule has 0 amide bonds. The van der Waals surface area contributed by atoms with Gasteiger partial charge < -0.3 is 27.9 Å². The average molecular weight is 232 g/mol. The van der Waals surface area contributed by atoms with Crippen molar-refractivity contribution in [2.75, 3.05) is 39.6 Å². The van der Waals surface area contributed by atoms with Gasteiger partial charge in [-0.15, -0.1) is 0 Å². The van der Waals surface area contributed by atoms with Crippen LogP contribution < -0.4 is 18.9 Å². The minimum absolute atomic E-state index is 0. The van der Waals surface area contributed by atoms with E-state index in [1.165, 1.54) is 0 Å². The topological polar surface area (TPSA) is 55.4 Å². The molecular weight excluding hydrogens is 219 g/mol. The van der Waals surface area contributed by atoms with Crippen LogP contribution in [0.15, 0.2) is 0 Å². The van der Waals surface area contributed by atoms with E-state index in [4.69, 9.17) is 27.9 Å². The normalized spacial score (nSPS) is 24.9. The zero-order valence-corrected chi connectivity index (χ0v) is 9.92. The second kappa shape index (κ2) is 6.64. The molecule has 0 spiro atoms. The SMILES string of the molecule is C1COB([C-](B2OCCO2)B2OCCO2)O1.[Li+]. The quantitative estimate of drug-likeness (QED) is 0.363. The molecule has 0 saturated carbocycles. The van der Waals surface area contributed by atoms with E-state index in [9.17, 15) is 0 Å². The van der Waals surface area contributed by atoms with Crippen molar-refractivity contribution in [1.82, 2.24) is 0 Å². The molecule has 0 atom stereocenters. The molecule has 3 fully saturated rings. The first-order chi connectivity index (χ1) is 7.95. The third-order valence-electron chi connectivity index (χ3n) is 2.68. The van der Waals surface area contributed by atoms with Gasteiger partial charge in [0.15, 0.2) is 0 Å². The Kier molecular flexibility index (Phi) is 5.46. The minimum Gasteiger partial charge on any atom is -0.435 e. The van der Waals surface area contributed by atoms with Gasteiger partial charge in [0.2, 0.25) is 0 Å². The fourth-order valence-corrected chi connectivity index (χ4v) is 1.99. The maximum absolute atomic E-state index is 5.46. The molecule has 6 nitrogen and oxygen atoms in total. The van der Waals surface area contributed by atoms with Crippen LogP contribution in [0.3, 0.4) is 0 Å². The minimum atomic E-state index is -0.439. The van der Waals surface area contributed by atoms with Crippen LogP contribution in [0.1, 0.15) is 0 Å². The zero-order chi connectivity index (χ0) is 10.8. The van der Waals surface area contributed by atoms with E-state index in [2.05, 4.69) is 0 Å². The molecule has 3 rings (SSSR count). The molecule has 0 aromatic rings. The maximum Gasteiger partial charge on any atom is 1.00 e. The summed E-state index contributed by atoms with van der Waals surface area (Å²) in [5.41, 5.74) is 0.757. The summed E-state index contributed by atoms with van der Waals surface area (Å²) in [7, 11) is -1.32. The van der Waals surface area contributed by atoms with Crippen molar-refractivity contribution in [3.05, 3.63) is 5.62 Å². The Bertz CT molecular complexity index is 194. The Balaban J connectivity index is 0.00000108. The molecule has 0 aliphatic carbocycles. The Morgan fingerprint density at radius 3 is 1.00 bits per heavy atom. The maximum atomic E-state index is 5.46. The average Bonchev–Trinajstić information content (AvgIpc) is 3.02. The second-order valence-electron chi connectivity index (χ2n) is 3.72. The monoisotopic (exact) mass is 232 g/mol. The second-order valence-corrected chi connectivity index (χ2v) is 3.72. The van der Waals surface area contributed by atoms with Crippen LogP contribution in [0.25, 0.3) is 0 Å². The van der Waals surface area contributed by atoms with E-state index < -0.39 is 21.4 Å². The molecule has 86 valence electrons. The molecule has 10 heteroatoms. The largest absolute Gasteiger partial charge is 1.00 e. The molecule has 17 heavy (non-hydrogen) atoms. The van der Waals surface area contributed by atoms with Crippen molar-refractivity contribution in [1.29, 1.82) is 0 Å². The summed E-state index contributed by atoms with van der Waals surface area (Å²) in [6, 6.07) is 0. The van der Waals surface area contributed by atoms with Gasteiger partial charge in [0, 0.05) is 0 Å². The smallest absolute Gasteiger partial charge is 0.435 e. The summed E-state index contributed by atoms with van der Waals surface area (Å²) >= 11 is 0. The van der Waals surface area contributed by atoms with E-state index in [-0.39, 0.29) is 18.9 Å². The standard InChI is InChI=1S/C7H12B3O6.Li/c1-2-12-8(11-1)7(9-13-3-4-14-9)10-15-5-6-16-10;/h1-6H2;/q-1;+1. The molecule has 0 aromatic carbocycles. The van der Waals surface area contributed by atoms with Crippen LogP contribution in [-0.2, 0) is 27.9 Å². The predicted octanol–water partition coefficient (Wildman–Crippen LogP) is -4.21. The first kappa shape index (κ1) is 14.0. The molecule has 3 saturated heterocycles. The van der Waals surface area contributed by atoms with Crippen LogP contribution in [0.5, 0.6) is 0 Å². The van der Waals surface area contributed by atoms with Gasteiger partial charge >= 0.3 is 18.9 Å². The first-order valence-electron chi connectivity index (χ1n) is 5.51. The summed E-state index contributed by atoms with van der Waals surface area (Å²) in [6.45, 7) is 3.46. The van der Waals surface area contributed by atoms with E-state index in [1.807, 2.05) is 0 Å². The molecule has 3 aliphatic rings. The Hall–Kier alpha value is 0.552. The van der Waals surface area contributed by atoms with Crippen LogP contribution in [0.2, 0.25) is 0 Å². The zero-order valence-electron chi connectivity index (χ0n) is 9.92. The van der Waals surface area contributed by atoms with Gasteiger partial charge in [-0.25, -0.2) is 5.62 Å². The predicted molar refractivity (Wildman–Crippen MR) is 56.2 cm³/mol. The number of hydrogen-bond acceptors (Lipinski definition) is 6. The van der Waals surface area contributed by atoms with Crippen molar-refractivity contribution in [2.24, 2.45) is 0 Å². The summed E-state index contributed by atoms with van der Waals surface area (Å²) in [5.74, 6) is 0. The van der Waals surface area contributed by atoms with Gasteiger partial charge in [-0.05, 0) is 0 Å². The van der Waals surface area contributed by atoms with E-state index in [1.54, 1.807) is 0 Å². The fourth-order valence-electron chi connectivity index (χ4n) is 1.99. The van der Waals surface area contributed by atoms with Gasteiger partial charge in [0.1, 0.15) is 0 Å². The van der Waals surface area contributed by atoms with Gasteiger partial charge in [-0.2, -0.15) is 0 Å². The van der Waals surface area contributed by atoms with E-state index in [0.717, 1.165) is 5.62 Å². The van der Waals surface area contributed by atoms with E-state index in [0.29, 0.717) is 39.6 Å². The van der Waals surface area contributed by atoms with Crippen molar-refractivity contribution in [3.63, 3.8) is 0 Å². The fraction of sp³-hybridized carbons (Fsp3) is 0.857. The van der Waals surface area contributed by atoms with Crippen LogP contribution in [0.4, 0.5) is 0 Å². The van der Waals surface area contributed by atoms with E-state index >= 15 is 0 Å². The van der Waals surface area contributed by atoms with Crippen LogP contribution in [-0.4, -0.2) is 61.0 Å². The third kappa shape index (κ3) is 3.11. The molecule has 0 unspecified atom stereocenters. The molecular formula is C7H12B3LiO6. The van der Waals surface area contributed by atoms with Crippen molar-refractivity contribution >= 4 is 21.4 Å². The summed E-state index contributed by atoms with van der Waals surface area (Å²) < 4.78 is 32.8. The van der Waals surface area contributed by atoms with Crippen LogP contribution in [0, 0.1) is 5.62 Å². The molecule has 0 bridgehead atoms. The van der Waals surface area contributed by atoms with Gasteiger partial charge in [-0.3, -0.25) is 0 Å². The molecule has 3 heterocycles. The Morgan fingerprint density at radius 1 is 0.529 bits per heavy atom.